The summed E-state index contributed by atoms with van der Waals surface area (Å²) in [7, 11) is 0. The zero-order valence-corrected chi connectivity index (χ0v) is 22.2. The molecule has 7 nitrogen and oxygen atoms in total. The minimum atomic E-state index is -2.61. The molecule has 0 saturated carbocycles. The predicted octanol–water partition coefficient (Wildman–Crippen LogP) is 6.18. The SMILES string of the molecule is C=C/C=C(\c1cc(-c2n[nH]c3cnc(-c4cncc(CN5CCC(F)(F)C5)c4)cc23)[nH]c1C)N1CCCCC1. The van der Waals surface area contributed by atoms with E-state index >= 15 is 0 Å². The molecule has 0 spiro atoms. The lowest BCUT2D eigenvalue weighted by Crippen LogP contribution is -2.28. The second-order valence-electron chi connectivity index (χ2n) is 10.6. The van der Waals surface area contributed by atoms with Gasteiger partial charge >= 0.3 is 0 Å². The van der Waals surface area contributed by atoms with Crippen molar-refractivity contribution in [3.05, 3.63) is 72.3 Å². The summed E-state index contributed by atoms with van der Waals surface area (Å²) < 4.78 is 27.3. The highest BCUT2D eigenvalue weighted by Crippen LogP contribution is 2.34. The molecule has 39 heavy (non-hydrogen) atoms. The van der Waals surface area contributed by atoms with E-state index in [0.717, 1.165) is 63.5 Å². The number of nitrogens with zero attached hydrogens (tertiary/aromatic N) is 5. The summed E-state index contributed by atoms with van der Waals surface area (Å²) in [6.45, 7) is 8.76. The fourth-order valence-corrected chi connectivity index (χ4v) is 5.76. The Hall–Kier alpha value is -3.85. The van der Waals surface area contributed by atoms with Crippen molar-refractivity contribution in [3.63, 3.8) is 0 Å². The van der Waals surface area contributed by atoms with Gasteiger partial charge < -0.3 is 9.88 Å². The van der Waals surface area contributed by atoms with E-state index in [-0.39, 0.29) is 13.0 Å². The van der Waals surface area contributed by atoms with Crippen LogP contribution in [0, 0.1) is 6.92 Å². The minimum absolute atomic E-state index is 0.0928. The van der Waals surface area contributed by atoms with Crippen LogP contribution in [-0.2, 0) is 6.54 Å². The first-order valence-electron chi connectivity index (χ1n) is 13.6. The van der Waals surface area contributed by atoms with Crippen LogP contribution in [0.15, 0.2) is 55.5 Å². The van der Waals surface area contributed by atoms with Crippen LogP contribution in [0.4, 0.5) is 8.78 Å². The normalized spacial score (nSPS) is 18.2. The molecule has 0 unspecified atom stereocenters. The number of alkyl halides is 2. The van der Waals surface area contributed by atoms with Crippen LogP contribution in [0.2, 0.25) is 0 Å². The average Bonchev–Trinajstić information content (AvgIpc) is 3.63. The molecular weight excluding hydrogens is 496 g/mol. The summed E-state index contributed by atoms with van der Waals surface area (Å²) in [6.07, 6.45) is 12.8. The van der Waals surface area contributed by atoms with Gasteiger partial charge in [-0.2, -0.15) is 5.10 Å². The topological polar surface area (TPSA) is 76.7 Å². The van der Waals surface area contributed by atoms with Crippen molar-refractivity contribution in [1.82, 2.24) is 34.9 Å². The van der Waals surface area contributed by atoms with Crippen LogP contribution in [-0.4, -0.2) is 67.1 Å². The highest BCUT2D eigenvalue weighted by molar-refractivity contribution is 5.94. The van der Waals surface area contributed by atoms with Crippen molar-refractivity contribution >= 4 is 16.6 Å². The Bertz CT molecular complexity index is 1530. The van der Waals surface area contributed by atoms with E-state index in [1.807, 2.05) is 18.2 Å². The van der Waals surface area contributed by atoms with Crippen LogP contribution >= 0.6 is 0 Å². The standard InChI is InChI=1S/C30H33F2N7/c1-3-7-28(39-9-5-4-6-10-39)23-13-26(35-20(23)2)29-24-14-25(34-17-27(24)36-37-29)22-12-21(15-33-16-22)18-38-11-8-30(31,32)19-38/h3,7,12-17,35H,1,4-6,8-11,18-19H2,2H3,(H,36,37)/b28-7+. The quantitative estimate of drug-likeness (QED) is 0.280. The van der Waals surface area contributed by atoms with Crippen LogP contribution in [0.3, 0.4) is 0 Å². The minimum Gasteiger partial charge on any atom is -0.371 e. The Balaban J connectivity index is 1.31. The Labute approximate surface area is 226 Å². The van der Waals surface area contributed by atoms with Gasteiger partial charge in [0, 0.05) is 72.9 Å². The van der Waals surface area contributed by atoms with Crippen LogP contribution in [0.1, 0.15) is 42.5 Å². The number of aromatic nitrogens is 5. The van der Waals surface area contributed by atoms with Crippen molar-refractivity contribution in [2.24, 2.45) is 0 Å². The van der Waals surface area contributed by atoms with Gasteiger partial charge in [-0.1, -0.05) is 12.7 Å². The fourth-order valence-electron chi connectivity index (χ4n) is 5.76. The molecule has 4 aromatic heterocycles. The highest BCUT2D eigenvalue weighted by atomic mass is 19.3. The summed E-state index contributed by atoms with van der Waals surface area (Å²) in [5, 5.41) is 8.69. The number of rotatable bonds is 7. The monoisotopic (exact) mass is 529 g/mol. The molecule has 2 saturated heterocycles. The van der Waals surface area contributed by atoms with E-state index in [2.05, 4.69) is 55.7 Å². The number of H-pyrrole nitrogens is 2. The summed E-state index contributed by atoms with van der Waals surface area (Å²) >= 11 is 0. The Morgan fingerprint density at radius 1 is 1.10 bits per heavy atom. The Kier molecular flexibility index (Phi) is 6.76. The van der Waals surface area contributed by atoms with Gasteiger partial charge in [0.2, 0.25) is 0 Å². The zero-order chi connectivity index (χ0) is 27.0. The second-order valence-corrected chi connectivity index (χ2v) is 10.6. The number of hydrogen-bond donors (Lipinski definition) is 2. The number of allylic oxidation sites excluding steroid dienone is 2. The van der Waals surface area contributed by atoms with E-state index < -0.39 is 5.92 Å². The second kappa shape index (κ2) is 10.4. The molecule has 9 heteroatoms. The largest absolute Gasteiger partial charge is 0.371 e. The zero-order valence-electron chi connectivity index (χ0n) is 22.2. The van der Waals surface area contributed by atoms with Gasteiger partial charge in [-0.05, 0) is 56.0 Å². The highest BCUT2D eigenvalue weighted by Gasteiger charge is 2.37. The number of nitrogens with one attached hydrogen (secondary N) is 2. The smallest absolute Gasteiger partial charge is 0.261 e. The van der Waals surface area contributed by atoms with Gasteiger partial charge in [0.1, 0.15) is 5.69 Å². The van der Waals surface area contributed by atoms with E-state index in [1.54, 1.807) is 23.5 Å². The van der Waals surface area contributed by atoms with Gasteiger partial charge in [0.15, 0.2) is 0 Å². The molecular formula is C30H33F2N7. The maximum atomic E-state index is 13.7. The molecule has 2 aliphatic heterocycles. The van der Waals surface area contributed by atoms with Crippen molar-refractivity contribution in [3.8, 4) is 22.6 Å². The van der Waals surface area contributed by atoms with Crippen molar-refractivity contribution in [2.45, 2.75) is 45.1 Å². The first-order valence-corrected chi connectivity index (χ1v) is 13.6. The van der Waals surface area contributed by atoms with Crippen LogP contribution in [0.25, 0.3) is 39.2 Å². The lowest BCUT2D eigenvalue weighted by Gasteiger charge is -2.31. The number of aryl methyl sites for hydroxylation is 1. The van der Waals surface area contributed by atoms with Crippen LogP contribution < -0.4 is 0 Å². The molecule has 6 rings (SSSR count). The van der Waals surface area contributed by atoms with Crippen molar-refractivity contribution < 1.29 is 8.78 Å². The molecule has 2 aliphatic rings. The third kappa shape index (κ3) is 5.23. The molecule has 0 radical (unpaired) electrons. The summed E-state index contributed by atoms with van der Waals surface area (Å²) in [4.78, 5) is 16.8. The third-order valence-electron chi connectivity index (χ3n) is 7.71. The lowest BCUT2D eigenvalue weighted by molar-refractivity contribution is 0.0115. The number of aromatic amines is 2. The summed E-state index contributed by atoms with van der Waals surface area (Å²) in [6, 6.07) is 6.17. The Morgan fingerprint density at radius 2 is 1.95 bits per heavy atom. The van der Waals surface area contributed by atoms with Crippen molar-refractivity contribution in [1.29, 1.82) is 0 Å². The van der Waals surface area contributed by atoms with Gasteiger partial charge in [-0.3, -0.25) is 20.0 Å². The molecule has 2 fully saturated rings. The number of halogens is 2. The molecule has 2 N–H and O–H groups in total. The number of piperidine rings is 1. The third-order valence-corrected chi connectivity index (χ3v) is 7.71. The van der Waals surface area contributed by atoms with E-state index in [9.17, 15) is 8.78 Å². The van der Waals surface area contributed by atoms with Gasteiger partial charge in [-0.15, -0.1) is 0 Å². The van der Waals surface area contributed by atoms with E-state index in [0.29, 0.717) is 13.1 Å². The molecule has 0 aliphatic carbocycles. The Morgan fingerprint density at radius 3 is 2.72 bits per heavy atom. The van der Waals surface area contributed by atoms with Gasteiger partial charge in [0.05, 0.1) is 29.6 Å². The van der Waals surface area contributed by atoms with Gasteiger partial charge in [-0.25, -0.2) is 8.78 Å². The predicted molar refractivity (Wildman–Crippen MR) is 150 cm³/mol. The number of likely N-dealkylation sites (tertiary alicyclic amines) is 2. The first-order chi connectivity index (χ1) is 18.9. The lowest BCUT2D eigenvalue weighted by atomic mass is 10.1. The number of pyridine rings is 2. The molecule has 6 heterocycles. The average molecular weight is 530 g/mol. The number of hydrogen-bond acceptors (Lipinski definition) is 5. The molecule has 202 valence electrons. The molecule has 0 atom stereocenters. The fraction of sp³-hybridized carbons (Fsp3) is 0.367. The van der Waals surface area contributed by atoms with Crippen LogP contribution in [0.5, 0.6) is 0 Å². The van der Waals surface area contributed by atoms with Gasteiger partial charge in [0.25, 0.3) is 5.92 Å². The molecule has 0 bridgehead atoms. The maximum Gasteiger partial charge on any atom is 0.261 e. The van der Waals surface area contributed by atoms with E-state index in [1.165, 1.54) is 25.0 Å². The van der Waals surface area contributed by atoms with Crippen molar-refractivity contribution in [2.75, 3.05) is 26.2 Å². The molecule has 0 aromatic carbocycles. The maximum absolute atomic E-state index is 13.7. The first kappa shape index (κ1) is 25.4. The number of fused-ring (bicyclic) bond motifs is 1. The molecule has 0 amide bonds. The summed E-state index contributed by atoms with van der Waals surface area (Å²) in [5.74, 6) is -2.61. The van der Waals surface area contributed by atoms with E-state index in [4.69, 9.17) is 0 Å². The molecule has 4 aromatic rings. The summed E-state index contributed by atoms with van der Waals surface area (Å²) in [5.41, 5.74) is 8.51.